The molecule has 5 nitrogen and oxygen atoms in total. The first-order valence-electron chi connectivity index (χ1n) is 12.0. The number of ether oxygens (including phenoxy) is 2. The Bertz CT molecular complexity index is 1300. The quantitative estimate of drug-likeness (QED) is 0.211. The van der Waals surface area contributed by atoms with E-state index in [0.29, 0.717) is 25.9 Å². The van der Waals surface area contributed by atoms with Crippen molar-refractivity contribution in [1.29, 1.82) is 0 Å². The topological polar surface area (TPSA) is 56.5 Å². The lowest BCUT2D eigenvalue weighted by atomic mass is 10.0. The van der Waals surface area contributed by atoms with Crippen LogP contribution in [-0.4, -0.2) is 11.8 Å². The minimum absolute atomic E-state index is 0.172. The fourth-order valence-corrected chi connectivity index (χ4v) is 3.93. The average Bonchev–Trinajstić information content (AvgIpc) is 2.91. The first-order chi connectivity index (χ1) is 17.6. The van der Waals surface area contributed by atoms with E-state index in [4.69, 9.17) is 9.47 Å². The SMILES string of the molecule is CC(=O)OC[n+]1cccc(CCC(=O)Cc2ccc(COc3ccccc3-c3ccccc3)cc2)c1. The predicted octanol–water partition coefficient (Wildman–Crippen LogP) is 5.49. The molecule has 0 saturated heterocycles. The van der Waals surface area contributed by atoms with Gasteiger partial charge in [0.2, 0.25) is 0 Å². The molecule has 0 aliphatic rings. The average molecular weight is 481 g/mol. The van der Waals surface area contributed by atoms with E-state index >= 15 is 0 Å². The number of rotatable bonds is 11. The second kappa shape index (κ2) is 12.5. The molecule has 5 heteroatoms. The van der Waals surface area contributed by atoms with E-state index in [1.54, 1.807) is 4.57 Å². The van der Waals surface area contributed by atoms with E-state index < -0.39 is 0 Å². The van der Waals surface area contributed by atoms with Gasteiger partial charge in [-0.25, -0.2) is 0 Å². The summed E-state index contributed by atoms with van der Waals surface area (Å²) in [6.45, 7) is 2.01. The summed E-state index contributed by atoms with van der Waals surface area (Å²) in [5.74, 6) is 0.710. The van der Waals surface area contributed by atoms with Gasteiger partial charge in [-0.3, -0.25) is 9.59 Å². The van der Waals surface area contributed by atoms with Crippen molar-refractivity contribution in [3.8, 4) is 16.9 Å². The number of hydrogen-bond donors (Lipinski definition) is 0. The number of benzene rings is 3. The second-order valence-corrected chi connectivity index (χ2v) is 8.67. The normalized spacial score (nSPS) is 10.6. The van der Waals surface area contributed by atoms with Crippen molar-refractivity contribution in [1.82, 2.24) is 0 Å². The van der Waals surface area contributed by atoms with Gasteiger partial charge in [0.25, 0.3) is 6.73 Å². The molecule has 4 rings (SSSR count). The maximum Gasteiger partial charge on any atom is 0.307 e. The highest BCUT2D eigenvalue weighted by atomic mass is 16.5. The molecular formula is C31H30NO4+. The zero-order valence-corrected chi connectivity index (χ0v) is 20.4. The third-order valence-corrected chi connectivity index (χ3v) is 5.82. The summed E-state index contributed by atoms with van der Waals surface area (Å²) in [7, 11) is 0. The standard InChI is InChI=1S/C31H30NO4/c1-24(33)36-23-32-19-7-8-26(21-32)17-18-29(34)20-25-13-15-27(16-14-25)22-35-31-12-6-5-11-30(31)28-9-3-2-4-10-28/h2-16,19,21H,17-18,20,22-23H2,1H3/q+1. The van der Waals surface area contributed by atoms with Crippen LogP contribution in [0.5, 0.6) is 5.75 Å². The highest BCUT2D eigenvalue weighted by molar-refractivity contribution is 5.81. The van der Waals surface area contributed by atoms with Gasteiger partial charge >= 0.3 is 5.97 Å². The number of ketones is 1. The Morgan fingerprint density at radius 2 is 1.50 bits per heavy atom. The number of hydrogen-bond acceptors (Lipinski definition) is 4. The molecule has 0 aliphatic carbocycles. The lowest BCUT2D eigenvalue weighted by Crippen LogP contribution is -2.35. The summed E-state index contributed by atoms with van der Waals surface area (Å²) in [5.41, 5.74) is 5.26. The molecule has 1 aromatic heterocycles. The zero-order chi connectivity index (χ0) is 25.2. The maximum absolute atomic E-state index is 12.6. The second-order valence-electron chi connectivity index (χ2n) is 8.67. The maximum atomic E-state index is 12.6. The van der Waals surface area contributed by atoms with Crippen molar-refractivity contribution in [3.05, 3.63) is 120 Å². The van der Waals surface area contributed by atoms with E-state index in [-0.39, 0.29) is 18.5 Å². The minimum Gasteiger partial charge on any atom is -0.488 e. The number of aromatic nitrogens is 1. The molecule has 0 saturated carbocycles. The van der Waals surface area contributed by atoms with Gasteiger partial charge in [-0.1, -0.05) is 72.8 Å². The summed E-state index contributed by atoms with van der Waals surface area (Å²) in [5, 5.41) is 0. The van der Waals surface area contributed by atoms with E-state index in [0.717, 1.165) is 33.6 Å². The van der Waals surface area contributed by atoms with Gasteiger partial charge in [0, 0.05) is 37.0 Å². The summed E-state index contributed by atoms with van der Waals surface area (Å²) in [6, 6.07) is 30.1. The molecule has 0 amide bonds. The van der Waals surface area contributed by atoms with Crippen LogP contribution in [-0.2, 0) is 40.5 Å². The number of aryl methyl sites for hydroxylation is 1. The lowest BCUT2D eigenvalue weighted by Gasteiger charge is -2.12. The zero-order valence-electron chi connectivity index (χ0n) is 20.4. The molecule has 0 aliphatic heterocycles. The Balaban J connectivity index is 1.27. The van der Waals surface area contributed by atoms with Gasteiger partial charge in [0.15, 0.2) is 12.4 Å². The molecule has 1 heterocycles. The van der Waals surface area contributed by atoms with Crippen LogP contribution in [0, 0.1) is 0 Å². The van der Waals surface area contributed by atoms with Crippen LogP contribution >= 0.6 is 0 Å². The van der Waals surface area contributed by atoms with Crippen LogP contribution in [0.4, 0.5) is 0 Å². The van der Waals surface area contributed by atoms with Crippen molar-refractivity contribution in [3.63, 3.8) is 0 Å². The third-order valence-electron chi connectivity index (χ3n) is 5.82. The summed E-state index contributed by atoms with van der Waals surface area (Å²) in [4.78, 5) is 23.5. The predicted molar refractivity (Wildman–Crippen MR) is 138 cm³/mol. The molecular weight excluding hydrogens is 450 g/mol. The molecule has 0 fully saturated rings. The fourth-order valence-electron chi connectivity index (χ4n) is 3.93. The summed E-state index contributed by atoms with van der Waals surface area (Å²) >= 11 is 0. The molecule has 0 N–H and O–H groups in total. The first kappa shape index (κ1) is 24.9. The molecule has 0 bridgehead atoms. The van der Waals surface area contributed by atoms with Crippen LogP contribution in [0.2, 0.25) is 0 Å². The van der Waals surface area contributed by atoms with Crippen molar-refractivity contribution < 1.29 is 23.6 Å². The van der Waals surface area contributed by atoms with E-state index in [2.05, 4.69) is 18.2 Å². The Labute approximate surface area is 212 Å². The molecule has 182 valence electrons. The number of para-hydroxylation sites is 1. The van der Waals surface area contributed by atoms with Crippen LogP contribution in [0.15, 0.2) is 103 Å². The van der Waals surface area contributed by atoms with Crippen molar-refractivity contribution >= 4 is 11.8 Å². The number of carbonyl (C=O) groups excluding carboxylic acids is 2. The number of esters is 1. The van der Waals surface area contributed by atoms with Gasteiger partial charge in [-0.05, 0) is 35.2 Å². The number of carbonyl (C=O) groups is 2. The van der Waals surface area contributed by atoms with Crippen molar-refractivity contribution in [2.24, 2.45) is 0 Å². The van der Waals surface area contributed by atoms with E-state index in [1.165, 1.54) is 6.92 Å². The molecule has 0 spiro atoms. The Hall–Kier alpha value is -4.25. The number of pyridine rings is 1. The Kier molecular flexibility index (Phi) is 8.60. The molecule has 3 aromatic carbocycles. The number of Topliss-reactive ketones (excluding diaryl/α,β-unsaturated/α-hetero) is 1. The van der Waals surface area contributed by atoms with E-state index in [9.17, 15) is 9.59 Å². The van der Waals surface area contributed by atoms with Gasteiger partial charge in [0.1, 0.15) is 18.1 Å². The fraction of sp³-hybridized carbons (Fsp3) is 0.194. The van der Waals surface area contributed by atoms with Gasteiger partial charge in [-0.2, -0.15) is 4.57 Å². The smallest absolute Gasteiger partial charge is 0.307 e. The van der Waals surface area contributed by atoms with Crippen molar-refractivity contribution in [2.45, 2.75) is 39.5 Å². The minimum atomic E-state index is -0.322. The van der Waals surface area contributed by atoms with Gasteiger partial charge in [-0.15, -0.1) is 0 Å². The Morgan fingerprint density at radius 3 is 2.28 bits per heavy atom. The highest BCUT2D eigenvalue weighted by Gasteiger charge is 2.09. The number of nitrogens with zero attached hydrogens (tertiary/aromatic N) is 1. The largest absolute Gasteiger partial charge is 0.488 e. The van der Waals surface area contributed by atoms with Crippen LogP contribution in [0.3, 0.4) is 0 Å². The van der Waals surface area contributed by atoms with Crippen molar-refractivity contribution in [2.75, 3.05) is 0 Å². The molecule has 36 heavy (non-hydrogen) atoms. The molecule has 0 unspecified atom stereocenters. The molecule has 0 radical (unpaired) electrons. The monoisotopic (exact) mass is 480 g/mol. The Morgan fingerprint density at radius 1 is 0.778 bits per heavy atom. The first-order valence-corrected chi connectivity index (χ1v) is 12.0. The van der Waals surface area contributed by atoms with Crippen LogP contribution in [0.25, 0.3) is 11.1 Å². The molecule has 0 atom stereocenters. The summed E-state index contributed by atoms with van der Waals surface area (Å²) < 4.78 is 12.9. The van der Waals surface area contributed by atoms with E-state index in [1.807, 2.05) is 85.2 Å². The van der Waals surface area contributed by atoms with Crippen LogP contribution < -0.4 is 9.30 Å². The highest BCUT2D eigenvalue weighted by Crippen LogP contribution is 2.30. The lowest BCUT2D eigenvalue weighted by molar-refractivity contribution is -0.727. The van der Waals surface area contributed by atoms with Gasteiger partial charge in [0.05, 0.1) is 0 Å². The van der Waals surface area contributed by atoms with Crippen LogP contribution in [0.1, 0.15) is 30.0 Å². The van der Waals surface area contributed by atoms with Gasteiger partial charge < -0.3 is 9.47 Å². The molecule has 4 aromatic rings. The summed E-state index contributed by atoms with van der Waals surface area (Å²) in [6.07, 6.45) is 5.24. The third kappa shape index (κ3) is 7.37.